The van der Waals surface area contributed by atoms with Gasteiger partial charge in [-0.25, -0.2) is 4.79 Å². The zero-order valence-corrected chi connectivity index (χ0v) is 10.7. The molecule has 9 nitrogen and oxygen atoms in total. The quantitative estimate of drug-likeness (QED) is 0.367. The maximum Gasteiger partial charge on any atom is 0.333 e. The fourth-order valence-corrected chi connectivity index (χ4v) is 0.982. The van der Waals surface area contributed by atoms with Crippen molar-refractivity contribution in [1.82, 2.24) is 0 Å². The predicted octanol–water partition coefficient (Wildman–Crippen LogP) is 0.0127. The highest BCUT2D eigenvalue weighted by atomic mass is 16.4. The minimum absolute atomic E-state index is 0.139. The summed E-state index contributed by atoms with van der Waals surface area (Å²) in [7, 11) is 0. The van der Waals surface area contributed by atoms with Gasteiger partial charge in [-0.3, -0.25) is 14.4 Å². The summed E-state index contributed by atoms with van der Waals surface area (Å²) in [4.78, 5) is 39.4. The van der Waals surface area contributed by atoms with Gasteiger partial charge in [-0.1, -0.05) is 6.42 Å². The van der Waals surface area contributed by atoms with Gasteiger partial charge in [-0.15, -0.1) is 0 Å². The number of carbonyl (C=O) groups is 4. The lowest BCUT2D eigenvalue weighted by Crippen LogP contribution is -2.22. The maximum absolute atomic E-state index is 9.98. The number of aliphatic carboxylic acids is 4. The van der Waals surface area contributed by atoms with Crippen molar-refractivity contribution in [2.75, 3.05) is 0 Å². The van der Waals surface area contributed by atoms with Crippen LogP contribution in [-0.4, -0.2) is 55.5 Å². The highest BCUT2D eigenvalue weighted by molar-refractivity contribution is 5.79. The first kappa shape index (κ1) is 20.2. The molecule has 0 aromatic heterocycles. The molecular formula is C11H18O9. The van der Waals surface area contributed by atoms with Gasteiger partial charge >= 0.3 is 23.9 Å². The van der Waals surface area contributed by atoms with Crippen molar-refractivity contribution >= 4 is 23.9 Å². The molecule has 1 atom stereocenters. The van der Waals surface area contributed by atoms with Gasteiger partial charge in [0, 0.05) is 12.8 Å². The summed E-state index contributed by atoms with van der Waals surface area (Å²) >= 11 is 0. The monoisotopic (exact) mass is 294 g/mol. The second kappa shape index (κ2) is 11.9. The summed E-state index contributed by atoms with van der Waals surface area (Å²) < 4.78 is 0. The maximum atomic E-state index is 9.98. The van der Waals surface area contributed by atoms with E-state index in [9.17, 15) is 19.2 Å². The van der Waals surface area contributed by atoms with Crippen LogP contribution < -0.4 is 0 Å². The standard InChI is InChI=1S/C7H12O4.C4H6O5/c8-6(9)4-2-1-3-5-7(10)11;5-2(4(8)9)1-3(6)7/h1-5H2,(H,8,9)(H,10,11);2,5H,1H2,(H,6,7)(H,8,9). The Labute approximate surface area is 114 Å². The number of hydrogen-bond acceptors (Lipinski definition) is 5. The number of aliphatic hydroxyl groups excluding tert-OH is 1. The van der Waals surface area contributed by atoms with Crippen LogP contribution in [0.1, 0.15) is 38.5 Å². The van der Waals surface area contributed by atoms with Crippen LogP contribution in [0.25, 0.3) is 0 Å². The van der Waals surface area contributed by atoms with Crippen LogP contribution >= 0.6 is 0 Å². The molecule has 20 heavy (non-hydrogen) atoms. The van der Waals surface area contributed by atoms with Crippen LogP contribution in [0.15, 0.2) is 0 Å². The number of carboxylic acid groups (broad SMARTS) is 4. The van der Waals surface area contributed by atoms with E-state index in [4.69, 9.17) is 25.5 Å². The summed E-state index contributed by atoms with van der Waals surface area (Å²) in [5.74, 6) is -4.48. The Hall–Kier alpha value is -2.16. The molecule has 0 aromatic rings. The Kier molecular flexibility index (Phi) is 12.0. The number of unbranched alkanes of at least 4 members (excludes halogenated alkanes) is 2. The molecule has 0 saturated heterocycles. The van der Waals surface area contributed by atoms with E-state index in [1.807, 2.05) is 0 Å². The van der Waals surface area contributed by atoms with Crippen molar-refractivity contribution in [3.05, 3.63) is 0 Å². The van der Waals surface area contributed by atoms with Gasteiger partial charge in [-0.05, 0) is 12.8 Å². The number of carboxylic acids is 4. The Morgan fingerprint density at radius 1 is 0.700 bits per heavy atom. The largest absolute Gasteiger partial charge is 0.481 e. The predicted molar refractivity (Wildman–Crippen MR) is 64.3 cm³/mol. The molecule has 0 radical (unpaired) electrons. The van der Waals surface area contributed by atoms with Gasteiger partial charge < -0.3 is 25.5 Å². The van der Waals surface area contributed by atoms with Crippen LogP contribution in [0.4, 0.5) is 0 Å². The molecule has 1 unspecified atom stereocenters. The van der Waals surface area contributed by atoms with Crippen LogP contribution in [0, 0.1) is 0 Å². The molecule has 9 heteroatoms. The van der Waals surface area contributed by atoms with Gasteiger partial charge in [0.05, 0.1) is 6.42 Å². The molecule has 0 bridgehead atoms. The molecule has 0 saturated carbocycles. The lowest BCUT2D eigenvalue weighted by molar-refractivity contribution is -0.152. The van der Waals surface area contributed by atoms with Crippen LogP contribution in [0.3, 0.4) is 0 Å². The molecule has 0 spiro atoms. The van der Waals surface area contributed by atoms with Crippen molar-refractivity contribution in [2.45, 2.75) is 44.6 Å². The second-order valence-corrected chi connectivity index (χ2v) is 3.80. The molecule has 116 valence electrons. The summed E-state index contributed by atoms with van der Waals surface area (Å²) in [5.41, 5.74) is 0. The lowest BCUT2D eigenvalue weighted by Gasteiger charge is -1.97. The van der Waals surface area contributed by atoms with E-state index in [2.05, 4.69) is 0 Å². The van der Waals surface area contributed by atoms with Gasteiger partial charge in [0.1, 0.15) is 0 Å². The van der Waals surface area contributed by atoms with E-state index in [1.165, 1.54) is 0 Å². The van der Waals surface area contributed by atoms with Crippen molar-refractivity contribution in [2.24, 2.45) is 0 Å². The van der Waals surface area contributed by atoms with E-state index >= 15 is 0 Å². The number of hydrogen-bond donors (Lipinski definition) is 5. The fourth-order valence-electron chi connectivity index (χ4n) is 0.982. The Bertz CT molecular complexity index is 321. The van der Waals surface area contributed by atoms with Crippen molar-refractivity contribution in [1.29, 1.82) is 0 Å². The summed E-state index contributed by atoms with van der Waals surface area (Å²) in [5, 5.41) is 40.6. The molecule has 0 fully saturated rings. The van der Waals surface area contributed by atoms with Gasteiger partial charge in [0.15, 0.2) is 6.10 Å². The van der Waals surface area contributed by atoms with Gasteiger partial charge in [0.2, 0.25) is 0 Å². The van der Waals surface area contributed by atoms with E-state index in [1.54, 1.807) is 0 Å². The Morgan fingerprint density at radius 2 is 1.10 bits per heavy atom. The van der Waals surface area contributed by atoms with Crippen LogP contribution in [-0.2, 0) is 19.2 Å². The molecule has 0 aromatic carbocycles. The van der Waals surface area contributed by atoms with Crippen molar-refractivity contribution in [3.63, 3.8) is 0 Å². The van der Waals surface area contributed by atoms with Gasteiger partial charge in [-0.2, -0.15) is 0 Å². The average molecular weight is 294 g/mol. The summed E-state index contributed by atoms with van der Waals surface area (Å²) in [6.07, 6.45) is -0.444. The normalized spacial score (nSPS) is 10.8. The number of aliphatic hydroxyl groups is 1. The molecule has 0 aliphatic carbocycles. The first-order chi connectivity index (χ1) is 9.16. The second-order valence-electron chi connectivity index (χ2n) is 3.80. The van der Waals surface area contributed by atoms with Crippen molar-refractivity contribution in [3.8, 4) is 0 Å². The zero-order valence-electron chi connectivity index (χ0n) is 10.7. The molecule has 0 heterocycles. The van der Waals surface area contributed by atoms with E-state index < -0.39 is 36.4 Å². The van der Waals surface area contributed by atoms with E-state index in [0.717, 1.165) is 0 Å². The van der Waals surface area contributed by atoms with Crippen LogP contribution in [0.2, 0.25) is 0 Å². The molecule has 0 aliphatic heterocycles. The lowest BCUT2D eigenvalue weighted by atomic mass is 10.1. The fraction of sp³-hybridized carbons (Fsp3) is 0.636. The highest BCUT2D eigenvalue weighted by Crippen LogP contribution is 2.02. The third-order valence-electron chi connectivity index (χ3n) is 1.93. The topological polar surface area (TPSA) is 169 Å². The van der Waals surface area contributed by atoms with Crippen LogP contribution in [0.5, 0.6) is 0 Å². The SMILES string of the molecule is O=C(O)CC(O)C(=O)O.O=C(O)CCCCCC(=O)O. The third-order valence-corrected chi connectivity index (χ3v) is 1.93. The first-order valence-electron chi connectivity index (χ1n) is 5.73. The molecule has 0 aliphatic rings. The summed E-state index contributed by atoms with van der Waals surface area (Å²) in [6.45, 7) is 0. The molecule has 0 rings (SSSR count). The molecule has 0 amide bonds. The minimum Gasteiger partial charge on any atom is -0.481 e. The smallest absolute Gasteiger partial charge is 0.333 e. The van der Waals surface area contributed by atoms with E-state index in [0.29, 0.717) is 19.3 Å². The minimum atomic E-state index is -1.79. The average Bonchev–Trinajstić information content (AvgIpc) is 2.27. The first-order valence-corrected chi connectivity index (χ1v) is 5.73. The molecular weight excluding hydrogens is 276 g/mol. The van der Waals surface area contributed by atoms with Crippen molar-refractivity contribution < 1.29 is 44.7 Å². The summed E-state index contributed by atoms with van der Waals surface area (Å²) in [6, 6.07) is 0. The zero-order chi connectivity index (χ0) is 16.1. The Balaban J connectivity index is 0. The number of rotatable bonds is 9. The van der Waals surface area contributed by atoms with Gasteiger partial charge in [0.25, 0.3) is 0 Å². The van der Waals surface area contributed by atoms with E-state index in [-0.39, 0.29) is 12.8 Å². The highest BCUT2D eigenvalue weighted by Gasteiger charge is 2.16. The Morgan fingerprint density at radius 3 is 1.30 bits per heavy atom. The molecule has 5 N–H and O–H groups in total. The third kappa shape index (κ3) is 18.2.